The normalized spacial score (nSPS) is 18.9. The van der Waals surface area contributed by atoms with Crippen molar-refractivity contribution >= 4 is 5.69 Å². The van der Waals surface area contributed by atoms with E-state index < -0.39 is 0 Å². The van der Waals surface area contributed by atoms with E-state index in [1.165, 1.54) is 0 Å². The number of rotatable bonds is 3. The second-order valence-electron chi connectivity index (χ2n) is 8.04. The molecule has 1 aliphatic rings. The SMILES string of the molecule is CC1(C)CCN(c2ccc(CNC(C)(C)C)cc2F)CC1. The molecule has 0 aromatic heterocycles. The van der Waals surface area contributed by atoms with Gasteiger partial charge in [-0.15, -0.1) is 0 Å². The van der Waals surface area contributed by atoms with Crippen LogP contribution in [0.4, 0.5) is 10.1 Å². The van der Waals surface area contributed by atoms with E-state index >= 15 is 0 Å². The van der Waals surface area contributed by atoms with Gasteiger partial charge in [-0.25, -0.2) is 4.39 Å². The molecule has 0 aliphatic carbocycles. The summed E-state index contributed by atoms with van der Waals surface area (Å²) >= 11 is 0. The van der Waals surface area contributed by atoms with Crippen LogP contribution in [-0.2, 0) is 6.54 Å². The molecule has 0 radical (unpaired) electrons. The van der Waals surface area contributed by atoms with Crippen LogP contribution in [0.2, 0.25) is 0 Å². The highest BCUT2D eigenvalue weighted by Gasteiger charge is 2.26. The van der Waals surface area contributed by atoms with Crippen molar-refractivity contribution in [2.24, 2.45) is 5.41 Å². The van der Waals surface area contributed by atoms with Crippen LogP contribution >= 0.6 is 0 Å². The third kappa shape index (κ3) is 4.70. The molecule has 21 heavy (non-hydrogen) atoms. The zero-order valence-corrected chi connectivity index (χ0v) is 14.1. The highest BCUT2D eigenvalue weighted by atomic mass is 19.1. The molecule has 0 unspecified atom stereocenters. The Bertz CT molecular complexity index is 478. The van der Waals surface area contributed by atoms with E-state index in [1.807, 2.05) is 12.1 Å². The Morgan fingerprint density at radius 1 is 1.19 bits per heavy atom. The minimum Gasteiger partial charge on any atom is -0.369 e. The summed E-state index contributed by atoms with van der Waals surface area (Å²) in [6, 6.07) is 5.65. The fourth-order valence-corrected chi connectivity index (χ4v) is 2.64. The molecule has 0 atom stereocenters. The third-order valence-corrected chi connectivity index (χ3v) is 4.29. The van der Waals surface area contributed by atoms with E-state index in [-0.39, 0.29) is 11.4 Å². The largest absolute Gasteiger partial charge is 0.369 e. The third-order valence-electron chi connectivity index (χ3n) is 4.29. The summed E-state index contributed by atoms with van der Waals surface area (Å²) in [6.45, 7) is 13.5. The summed E-state index contributed by atoms with van der Waals surface area (Å²) in [5.41, 5.74) is 2.20. The van der Waals surface area contributed by atoms with Gasteiger partial charge in [0.05, 0.1) is 5.69 Å². The molecule has 1 fully saturated rings. The second-order valence-corrected chi connectivity index (χ2v) is 8.04. The van der Waals surface area contributed by atoms with Crippen LogP contribution < -0.4 is 10.2 Å². The van der Waals surface area contributed by atoms with E-state index in [9.17, 15) is 4.39 Å². The molecule has 1 aromatic rings. The van der Waals surface area contributed by atoms with Crippen molar-refractivity contribution in [3.8, 4) is 0 Å². The molecule has 1 aromatic carbocycles. The quantitative estimate of drug-likeness (QED) is 0.891. The van der Waals surface area contributed by atoms with Crippen LogP contribution in [0.1, 0.15) is 53.0 Å². The molecule has 1 aliphatic heterocycles. The summed E-state index contributed by atoms with van der Waals surface area (Å²) in [6.07, 6.45) is 2.25. The summed E-state index contributed by atoms with van der Waals surface area (Å²) in [7, 11) is 0. The fraction of sp³-hybridized carbons (Fsp3) is 0.667. The monoisotopic (exact) mass is 292 g/mol. The van der Waals surface area contributed by atoms with Gasteiger partial charge in [-0.3, -0.25) is 0 Å². The smallest absolute Gasteiger partial charge is 0.146 e. The van der Waals surface area contributed by atoms with Crippen LogP contribution in [0.5, 0.6) is 0 Å². The topological polar surface area (TPSA) is 15.3 Å². The first-order valence-electron chi connectivity index (χ1n) is 7.95. The molecule has 1 heterocycles. The zero-order chi connectivity index (χ0) is 15.7. The maximum atomic E-state index is 14.4. The number of piperidine rings is 1. The van der Waals surface area contributed by atoms with Crippen molar-refractivity contribution in [1.82, 2.24) is 5.32 Å². The van der Waals surface area contributed by atoms with Crippen LogP contribution in [0, 0.1) is 11.2 Å². The van der Waals surface area contributed by atoms with E-state index in [2.05, 4.69) is 44.8 Å². The molecule has 0 saturated carbocycles. The van der Waals surface area contributed by atoms with Gasteiger partial charge in [0, 0.05) is 25.2 Å². The van der Waals surface area contributed by atoms with Crippen LogP contribution in [-0.4, -0.2) is 18.6 Å². The summed E-state index contributed by atoms with van der Waals surface area (Å²) in [5, 5.41) is 3.39. The summed E-state index contributed by atoms with van der Waals surface area (Å²) < 4.78 is 14.4. The highest BCUT2D eigenvalue weighted by molar-refractivity contribution is 5.49. The molecule has 0 spiro atoms. The van der Waals surface area contributed by atoms with Gasteiger partial charge in [0.1, 0.15) is 5.82 Å². The lowest BCUT2D eigenvalue weighted by molar-refractivity contribution is 0.279. The lowest BCUT2D eigenvalue weighted by Crippen LogP contribution is -2.37. The Hall–Kier alpha value is -1.09. The minimum atomic E-state index is -0.0945. The molecule has 2 rings (SSSR count). The average Bonchev–Trinajstić information content (AvgIpc) is 2.36. The Morgan fingerprint density at radius 2 is 1.81 bits per heavy atom. The molecular formula is C18H29FN2. The second kappa shape index (κ2) is 5.96. The molecule has 118 valence electrons. The Labute approximate surface area is 128 Å². The lowest BCUT2D eigenvalue weighted by atomic mass is 9.82. The van der Waals surface area contributed by atoms with Crippen molar-refractivity contribution in [2.45, 2.75) is 59.5 Å². The molecule has 1 N–H and O–H groups in total. The van der Waals surface area contributed by atoms with E-state index in [4.69, 9.17) is 0 Å². The Balaban J connectivity index is 2.03. The van der Waals surface area contributed by atoms with Crippen molar-refractivity contribution in [3.05, 3.63) is 29.6 Å². The highest BCUT2D eigenvalue weighted by Crippen LogP contribution is 2.33. The van der Waals surface area contributed by atoms with Crippen molar-refractivity contribution in [2.75, 3.05) is 18.0 Å². The standard InChI is InChI=1S/C18H29FN2/c1-17(2,3)20-13-14-6-7-16(15(19)12-14)21-10-8-18(4,5)9-11-21/h6-7,12,20H,8-11,13H2,1-5H3. The average molecular weight is 292 g/mol. The van der Waals surface area contributed by atoms with Crippen LogP contribution in [0.3, 0.4) is 0 Å². The fourth-order valence-electron chi connectivity index (χ4n) is 2.64. The van der Waals surface area contributed by atoms with Gasteiger partial charge in [0.2, 0.25) is 0 Å². The molecule has 2 nitrogen and oxygen atoms in total. The zero-order valence-electron chi connectivity index (χ0n) is 14.1. The van der Waals surface area contributed by atoms with Gasteiger partial charge in [0.25, 0.3) is 0 Å². The van der Waals surface area contributed by atoms with Gasteiger partial charge in [-0.05, 0) is 56.7 Å². The van der Waals surface area contributed by atoms with E-state index in [0.29, 0.717) is 12.0 Å². The van der Waals surface area contributed by atoms with E-state index in [0.717, 1.165) is 37.2 Å². The van der Waals surface area contributed by atoms with Gasteiger partial charge in [-0.2, -0.15) is 0 Å². The first kappa shape index (κ1) is 16.3. The Kier molecular flexibility index (Phi) is 4.62. The molecule has 0 amide bonds. The number of nitrogens with zero attached hydrogens (tertiary/aromatic N) is 1. The van der Waals surface area contributed by atoms with Gasteiger partial charge < -0.3 is 10.2 Å². The first-order chi connectivity index (χ1) is 9.66. The number of hydrogen-bond acceptors (Lipinski definition) is 2. The summed E-state index contributed by atoms with van der Waals surface area (Å²) in [5.74, 6) is -0.0945. The van der Waals surface area contributed by atoms with E-state index in [1.54, 1.807) is 6.07 Å². The first-order valence-corrected chi connectivity index (χ1v) is 7.95. The van der Waals surface area contributed by atoms with Crippen LogP contribution in [0.25, 0.3) is 0 Å². The predicted molar refractivity (Wildman–Crippen MR) is 88.2 cm³/mol. The van der Waals surface area contributed by atoms with Crippen molar-refractivity contribution < 1.29 is 4.39 Å². The van der Waals surface area contributed by atoms with Crippen molar-refractivity contribution in [3.63, 3.8) is 0 Å². The minimum absolute atomic E-state index is 0.0492. The van der Waals surface area contributed by atoms with Crippen molar-refractivity contribution in [1.29, 1.82) is 0 Å². The molecule has 1 saturated heterocycles. The molecule has 0 bridgehead atoms. The number of nitrogens with one attached hydrogen (secondary N) is 1. The number of halogens is 1. The van der Waals surface area contributed by atoms with Gasteiger partial charge in [-0.1, -0.05) is 19.9 Å². The maximum absolute atomic E-state index is 14.4. The lowest BCUT2D eigenvalue weighted by Gasteiger charge is -2.38. The number of anilines is 1. The molecule has 3 heteroatoms. The number of hydrogen-bond donors (Lipinski definition) is 1. The maximum Gasteiger partial charge on any atom is 0.146 e. The number of benzene rings is 1. The predicted octanol–water partition coefficient (Wildman–Crippen LogP) is 4.34. The Morgan fingerprint density at radius 3 is 2.33 bits per heavy atom. The summed E-state index contributed by atoms with van der Waals surface area (Å²) in [4.78, 5) is 2.18. The van der Waals surface area contributed by atoms with Gasteiger partial charge in [0.15, 0.2) is 0 Å². The van der Waals surface area contributed by atoms with Crippen LogP contribution in [0.15, 0.2) is 18.2 Å². The molecular weight excluding hydrogens is 263 g/mol. The van der Waals surface area contributed by atoms with Gasteiger partial charge >= 0.3 is 0 Å².